The number of hydrogen-bond donors (Lipinski definition) is 0. The Morgan fingerprint density at radius 1 is 1.06 bits per heavy atom. The largest absolute Gasteiger partial charge is 0.361 e. The van der Waals surface area contributed by atoms with Gasteiger partial charge in [0.25, 0.3) is 0 Å². The lowest BCUT2D eigenvalue weighted by Crippen LogP contribution is -2.31. The van der Waals surface area contributed by atoms with Gasteiger partial charge < -0.3 is 9.30 Å². The molecule has 0 spiro atoms. The van der Waals surface area contributed by atoms with Gasteiger partial charge in [-0.2, -0.15) is 0 Å². The zero-order valence-corrected chi connectivity index (χ0v) is 20.4. The highest BCUT2D eigenvalue weighted by Crippen LogP contribution is 2.30. The van der Waals surface area contributed by atoms with Crippen molar-refractivity contribution in [1.29, 1.82) is 0 Å². The first-order valence-electron chi connectivity index (χ1n) is 10.8. The number of nitrogens with zero attached hydrogens (tertiary/aromatic N) is 5. The summed E-state index contributed by atoms with van der Waals surface area (Å²) in [5, 5.41) is 1.01. The van der Waals surface area contributed by atoms with Crippen LogP contribution in [0.1, 0.15) is 0 Å². The maximum atomic E-state index is 13.2. The van der Waals surface area contributed by atoms with Gasteiger partial charge in [-0.25, -0.2) is 14.8 Å². The van der Waals surface area contributed by atoms with Gasteiger partial charge in [0.05, 0.1) is 27.6 Å². The number of thiazole rings is 1. The molecule has 0 N–H and O–H groups in total. The van der Waals surface area contributed by atoms with Crippen molar-refractivity contribution in [2.45, 2.75) is 32.4 Å². The smallest absolute Gasteiger partial charge is 0.329 e. The Bertz CT molecular complexity index is 1280. The fourth-order valence-corrected chi connectivity index (χ4v) is 5.35. The summed E-state index contributed by atoms with van der Waals surface area (Å²) < 4.78 is 8.99. The summed E-state index contributed by atoms with van der Waals surface area (Å²) in [5.41, 5.74) is 5.40. The minimum Gasteiger partial charge on any atom is -0.361 e. The lowest BCUT2D eigenvalue weighted by Gasteiger charge is -2.19. The first-order chi connectivity index (χ1) is 15.4. The van der Waals surface area contributed by atoms with Crippen molar-refractivity contribution in [2.75, 3.05) is 29.5 Å². The van der Waals surface area contributed by atoms with Crippen LogP contribution in [-0.4, -0.2) is 48.3 Å². The van der Waals surface area contributed by atoms with Crippen molar-refractivity contribution in [2.24, 2.45) is 0 Å². The zero-order valence-electron chi connectivity index (χ0n) is 18.6. The highest BCUT2D eigenvalue weighted by atomic mass is 32.1. The van der Waals surface area contributed by atoms with Gasteiger partial charge in [0.1, 0.15) is 12.4 Å². The van der Waals surface area contributed by atoms with Gasteiger partial charge in [-0.15, -0.1) is 11.3 Å². The number of fused-ring (bicyclic) bond motifs is 2. The van der Waals surface area contributed by atoms with Crippen LogP contribution in [0.15, 0.2) is 48.2 Å². The molecule has 5 rings (SSSR count). The summed E-state index contributed by atoms with van der Waals surface area (Å²) >= 11 is 1.59. The number of aromatic nitrogens is 3. The fourth-order valence-electron chi connectivity index (χ4n) is 3.89. The van der Waals surface area contributed by atoms with E-state index in [0.29, 0.717) is 19.8 Å². The van der Waals surface area contributed by atoms with Crippen molar-refractivity contribution in [3.63, 3.8) is 0 Å². The average Bonchev–Trinajstić information content (AvgIpc) is 3.48. The Balaban J connectivity index is 1.30. The van der Waals surface area contributed by atoms with Crippen LogP contribution in [0.3, 0.4) is 0 Å². The first kappa shape index (κ1) is 21.1. The van der Waals surface area contributed by atoms with Crippen LogP contribution in [0.2, 0.25) is 25.7 Å². The van der Waals surface area contributed by atoms with Gasteiger partial charge in [-0.3, -0.25) is 9.80 Å². The van der Waals surface area contributed by atoms with E-state index in [4.69, 9.17) is 4.74 Å². The molecule has 0 aliphatic carbocycles. The zero-order chi connectivity index (χ0) is 22.3. The Morgan fingerprint density at radius 2 is 1.88 bits per heavy atom. The second-order valence-corrected chi connectivity index (χ2v) is 15.8. The number of anilines is 2. The lowest BCUT2D eigenvalue weighted by atomic mass is 10.3. The molecule has 1 saturated heterocycles. The normalized spacial score (nSPS) is 14.9. The number of amides is 2. The van der Waals surface area contributed by atoms with Crippen LogP contribution in [-0.2, 0) is 11.5 Å². The molecule has 32 heavy (non-hydrogen) atoms. The molecule has 166 valence electrons. The Morgan fingerprint density at radius 3 is 2.69 bits per heavy atom. The van der Waals surface area contributed by atoms with Crippen molar-refractivity contribution in [3.05, 3.63) is 48.2 Å². The van der Waals surface area contributed by atoms with Crippen LogP contribution < -0.4 is 9.80 Å². The molecular weight excluding hydrogens is 438 g/mol. The molecule has 1 fully saturated rings. The van der Waals surface area contributed by atoms with E-state index in [0.717, 1.165) is 45.3 Å². The van der Waals surface area contributed by atoms with Crippen molar-refractivity contribution < 1.29 is 9.53 Å². The van der Waals surface area contributed by atoms with E-state index in [-0.39, 0.29) is 6.03 Å². The third kappa shape index (κ3) is 4.15. The van der Waals surface area contributed by atoms with E-state index >= 15 is 0 Å². The van der Waals surface area contributed by atoms with E-state index in [2.05, 4.69) is 29.6 Å². The predicted molar refractivity (Wildman–Crippen MR) is 134 cm³/mol. The lowest BCUT2D eigenvalue weighted by molar-refractivity contribution is 0.0899. The predicted octanol–water partition coefficient (Wildman–Crippen LogP) is 5.40. The third-order valence-electron chi connectivity index (χ3n) is 5.76. The molecule has 0 saturated carbocycles. The second kappa shape index (κ2) is 8.31. The van der Waals surface area contributed by atoms with Crippen LogP contribution in [0, 0.1) is 0 Å². The fraction of sp³-hybridized carbons (Fsp3) is 0.348. The highest BCUT2D eigenvalue weighted by Gasteiger charge is 2.31. The maximum Gasteiger partial charge on any atom is 0.329 e. The maximum absolute atomic E-state index is 13.2. The molecule has 0 atom stereocenters. The SMILES string of the molecule is C[Si](C)(C)CCOCn1ccc2cc(N3CCN(c4ccc5ncsc5c4)C3=O)cnc21. The molecule has 7 nitrogen and oxygen atoms in total. The summed E-state index contributed by atoms with van der Waals surface area (Å²) in [5.74, 6) is 0. The number of hydrogen-bond acceptors (Lipinski definition) is 5. The number of rotatable bonds is 7. The monoisotopic (exact) mass is 465 g/mol. The van der Waals surface area contributed by atoms with Gasteiger partial charge in [0, 0.05) is 45.0 Å². The molecule has 1 aliphatic heterocycles. The summed E-state index contributed by atoms with van der Waals surface area (Å²) in [6, 6.07) is 11.2. The van der Waals surface area contributed by atoms with Crippen molar-refractivity contribution in [1.82, 2.24) is 14.5 Å². The van der Waals surface area contributed by atoms with Gasteiger partial charge in [0.15, 0.2) is 0 Å². The number of urea groups is 1. The summed E-state index contributed by atoms with van der Waals surface area (Å²) in [6.45, 7) is 9.60. The molecule has 4 aromatic rings. The van der Waals surface area contributed by atoms with Gasteiger partial charge >= 0.3 is 6.03 Å². The molecule has 9 heteroatoms. The molecular formula is C23H27N5O2SSi. The van der Waals surface area contributed by atoms with Crippen molar-refractivity contribution >= 4 is 58.1 Å². The molecule has 0 bridgehead atoms. The quantitative estimate of drug-likeness (QED) is 0.271. The Hall–Kier alpha value is -2.75. The molecule has 1 aromatic carbocycles. The van der Waals surface area contributed by atoms with E-state index in [1.54, 1.807) is 22.4 Å². The number of pyridine rings is 1. The van der Waals surface area contributed by atoms with Crippen LogP contribution in [0.4, 0.5) is 16.2 Å². The number of ether oxygens (including phenoxy) is 1. The number of carbonyl (C=O) groups excluding carboxylic acids is 1. The van der Waals surface area contributed by atoms with E-state index < -0.39 is 8.07 Å². The molecule has 4 heterocycles. The minimum atomic E-state index is -1.10. The number of benzene rings is 1. The average molecular weight is 466 g/mol. The van der Waals surface area contributed by atoms with Crippen LogP contribution in [0.5, 0.6) is 0 Å². The van der Waals surface area contributed by atoms with Gasteiger partial charge in [0.2, 0.25) is 0 Å². The number of carbonyl (C=O) groups is 1. The van der Waals surface area contributed by atoms with E-state index in [1.807, 2.05) is 51.5 Å². The summed E-state index contributed by atoms with van der Waals surface area (Å²) in [4.78, 5) is 25.8. The summed E-state index contributed by atoms with van der Waals surface area (Å²) in [6.07, 6.45) is 3.78. The van der Waals surface area contributed by atoms with Gasteiger partial charge in [-0.1, -0.05) is 19.6 Å². The highest BCUT2D eigenvalue weighted by molar-refractivity contribution is 7.16. The molecule has 2 amide bonds. The van der Waals surface area contributed by atoms with Gasteiger partial charge in [-0.05, 0) is 36.4 Å². The molecule has 0 radical (unpaired) electrons. The standard InChI is InChI=1S/C23H27N5O2SSi/c1-32(2,3)11-10-30-16-26-7-6-17-12-19(14-24-22(17)26)28-9-8-27(23(28)29)18-4-5-20-21(13-18)31-15-25-20/h4-7,12-15H,8-11,16H2,1-3H3. The Kier molecular flexibility index (Phi) is 5.48. The van der Waals surface area contributed by atoms with Crippen molar-refractivity contribution in [3.8, 4) is 0 Å². The molecule has 0 unspecified atom stereocenters. The van der Waals surface area contributed by atoms with Crippen LogP contribution in [0.25, 0.3) is 21.3 Å². The third-order valence-corrected chi connectivity index (χ3v) is 8.26. The van der Waals surface area contributed by atoms with E-state index in [9.17, 15) is 4.79 Å². The van der Waals surface area contributed by atoms with Crippen LogP contribution >= 0.6 is 11.3 Å². The second-order valence-electron chi connectivity index (χ2n) is 9.33. The first-order valence-corrected chi connectivity index (χ1v) is 15.4. The summed E-state index contributed by atoms with van der Waals surface area (Å²) in [7, 11) is -1.10. The van der Waals surface area contributed by atoms with E-state index in [1.165, 1.54) is 0 Å². The molecule has 3 aromatic heterocycles. The molecule has 1 aliphatic rings. The minimum absolute atomic E-state index is 0.0240. The Labute approximate surface area is 192 Å². The topological polar surface area (TPSA) is 63.5 Å².